The Bertz CT molecular complexity index is 517. The lowest BCUT2D eigenvalue weighted by Gasteiger charge is -2.25. The summed E-state index contributed by atoms with van der Waals surface area (Å²) in [6, 6.07) is 9.21. The molecule has 0 aliphatic heterocycles. The number of amides is 2. The second kappa shape index (κ2) is 6.98. The Morgan fingerprint density at radius 3 is 2.71 bits per heavy atom. The van der Waals surface area contributed by atoms with E-state index in [1.165, 1.54) is 12.8 Å². The highest BCUT2D eigenvalue weighted by Gasteiger charge is 2.32. The average molecular weight is 287 g/mol. The fourth-order valence-corrected chi connectivity index (χ4v) is 2.16. The molecule has 1 aromatic rings. The molecule has 1 N–H and O–H groups in total. The number of nitrogens with one attached hydrogen (secondary N) is 1. The standard InChI is InChI=1S/C16H21N3O2/c1-12(14-5-6-14)19(2)16(20)18-9-10-21-15-7-3-13(11-17)4-8-15/h3-4,7-8,12,14H,5-6,9-10H2,1-2H3,(H,18,20). The van der Waals surface area contributed by atoms with E-state index in [9.17, 15) is 4.79 Å². The molecule has 1 saturated carbocycles. The highest BCUT2D eigenvalue weighted by molar-refractivity contribution is 5.74. The first-order chi connectivity index (χ1) is 10.1. The third kappa shape index (κ3) is 4.38. The van der Waals surface area contributed by atoms with Gasteiger partial charge in [0.15, 0.2) is 0 Å². The number of hydrogen-bond donors (Lipinski definition) is 1. The molecule has 21 heavy (non-hydrogen) atoms. The van der Waals surface area contributed by atoms with E-state index in [0.717, 1.165) is 0 Å². The van der Waals surface area contributed by atoms with Gasteiger partial charge in [0.1, 0.15) is 12.4 Å². The Morgan fingerprint density at radius 2 is 2.14 bits per heavy atom. The number of rotatable bonds is 6. The van der Waals surface area contributed by atoms with Gasteiger partial charge in [-0.15, -0.1) is 0 Å². The molecule has 112 valence electrons. The van der Waals surface area contributed by atoms with Gasteiger partial charge in [-0.1, -0.05) is 0 Å². The zero-order valence-electron chi connectivity index (χ0n) is 12.5. The summed E-state index contributed by atoms with van der Waals surface area (Å²) in [6.45, 7) is 2.95. The number of carbonyl (C=O) groups excluding carboxylic acids is 1. The van der Waals surface area contributed by atoms with Gasteiger partial charge in [0.2, 0.25) is 0 Å². The normalized spacial score (nSPS) is 14.9. The van der Waals surface area contributed by atoms with E-state index in [4.69, 9.17) is 10.00 Å². The third-order valence-electron chi connectivity index (χ3n) is 3.87. The zero-order chi connectivity index (χ0) is 15.2. The maximum atomic E-state index is 11.9. The lowest BCUT2D eigenvalue weighted by atomic mass is 10.2. The van der Waals surface area contributed by atoms with Gasteiger partial charge in [-0.25, -0.2) is 4.79 Å². The van der Waals surface area contributed by atoms with E-state index >= 15 is 0 Å². The summed E-state index contributed by atoms with van der Waals surface area (Å²) in [7, 11) is 1.83. The highest BCUT2D eigenvalue weighted by atomic mass is 16.5. The molecule has 2 amide bonds. The van der Waals surface area contributed by atoms with E-state index in [0.29, 0.717) is 36.4 Å². The SMILES string of the molecule is CC(C1CC1)N(C)C(=O)NCCOc1ccc(C#N)cc1. The van der Waals surface area contributed by atoms with Crippen LogP contribution in [0.25, 0.3) is 0 Å². The van der Waals surface area contributed by atoms with Crippen molar-refractivity contribution in [3.05, 3.63) is 29.8 Å². The van der Waals surface area contributed by atoms with Gasteiger partial charge in [0.05, 0.1) is 18.2 Å². The zero-order valence-corrected chi connectivity index (χ0v) is 12.5. The molecule has 2 rings (SSSR count). The van der Waals surface area contributed by atoms with Gasteiger partial charge in [-0.3, -0.25) is 0 Å². The molecule has 0 heterocycles. The second-order valence-electron chi connectivity index (χ2n) is 5.41. The van der Waals surface area contributed by atoms with Crippen LogP contribution in [-0.2, 0) is 0 Å². The first kappa shape index (κ1) is 15.2. The van der Waals surface area contributed by atoms with Gasteiger partial charge in [-0.2, -0.15) is 5.26 Å². The molecule has 1 unspecified atom stereocenters. The van der Waals surface area contributed by atoms with Crippen LogP contribution in [0.1, 0.15) is 25.3 Å². The van der Waals surface area contributed by atoms with Crippen molar-refractivity contribution in [3.8, 4) is 11.8 Å². The number of hydrogen-bond acceptors (Lipinski definition) is 3. The molecule has 5 heteroatoms. The Kier molecular flexibility index (Phi) is 5.04. The minimum Gasteiger partial charge on any atom is -0.492 e. The van der Waals surface area contributed by atoms with E-state index in [1.54, 1.807) is 29.2 Å². The van der Waals surface area contributed by atoms with Crippen LogP contribution >= 0.6 is 0 Å². The molecule has 0 aromatic heterocycles. The van der Waals surface area contributed by atoms with Crippen molar-refractivity contribution < 1.29 is 9.53 Å². The number of nitriles is 1. The van der Waals surface area contributed by atoms with E-state index in [2.05, 4.69) is 18.3 Å². The van der Waals surface area contributed by atoms with Gasteiger partial charge in [0, 0.05) is 13.1 Å². The number of carbonyl (C=O) groups is 1. The Labute approximate surface area is 125 Å². The van der Waals surface area contributed by atoms with Crippen LogP contribution < -0.4 is 10.1 Å². The summed E-state index contributed by atoms with van der Waals surface area (Å²) >= 11 is 0. The minimum atomic E-state index is -0.0576. The van der Waals surface area contributed by atoms with Crippen LogP contribution in [0.4, 0.5) is 4.79 Å². The fourth-order valence-electron chi connectivity index (χ4n) is 2.16. The molecule has 0 radical (unpaired) electrons. The van der Waals surface area contributed by atoms with Crippen LogP contribution in [0.15, 0.2) is 24.3 Å². The molecule has 0 bridgehead atoms. The second-order valence-corrected chi connectivity index (χ2v) is 5.41. The monoisotopic (exact) mass is 287 g/mol. The molecule has 1 aromatic carbocycles. The summed E-state index contributed by atoms with van der Waals surface area (Å²) < 4.78 is 5.51. The Morgan fingerprint density at radius 1 is 1.48 bits per heavy atom. The van der Waals surface area contributed by atoms with Gasteiger partial charge >= 0.3 is 6.03 Å². The summed E-state index contributed by atoms with van der Waals surface area (Å²) in [5, 5.41) is 11.5. The van der Waals surface area contributed by atoms with Crippen molar-refractivity contribution in [2.24, 2.45) is 5.92 Å². The summed E-state index contributed by atoms with van der Waals surface area (Å²) in [4.78, 5) is 13.7. The predicted octanol–water partition coefficient (Wildman–Crippen LogP) is 2.38. The van der Waals surface area contributed by atoms with Crippen LogP contribution in [0.3, 0.4) is 0 Å². The number of nitrogens with zero attached hydrogens (tertiary/aromatic N) is 2. The Hall–Kier alpha value is -2.22. The third-order valence-corrected chi connectivity index (χ3v) is 3.87. The van der Waals surface area contributed by atoms with Crippen molar-refractivity contribution in [1.29, 1.82) is 5.26 Å². The molecular weight excluding hydrogens is 266 g/mol. The van der Waals surface area contributed by atoms with E-state index in [1.807, 2.05) is 7.05 Å². The molecule has 1 aliphatic rings. The summed E-state index contributed by atoms with van der Waals surface area (Å²) in [6.07, 6.45) is 2.45. The molecular formula is C16H21N3O2. The lowest BCUT2D eigenvalue weighted by Crippen LogP contribution is -2.44. The lowest BCUT2D eigenvalue weighted by molar-refractivity contribution is 0.185. The molecule has 0 spiro atoms. The molecule has 5 nitrogen and oxygen atoms in total. The molecule has 0 saturated heterocycles. The number of urea groups is 1. The highest BCUT2D eigenvalue weighted by Crippen LogP contribution is 2.34. The van der Waals surface area contributed by atoms with Gasteiger partial charge in [0.25, 0.3) is 0 Å². The Balaban J connectivity index is 1.66. The van der Waals surface area contributed by atoms with Crippen molar-refractivity contribution in [2.45, 2.75) is 25.8 Å². The van der Waals surface area contributed by atoms with Gasteiger partial charge < -0.3 is 15.0 Å². The minimum absolute atomic E-state index is 0.0576. The molecule has 1 aliphatic carbocycles. The predicted molar refractivity (Wildman–Crippen MR) is 80.0 cm³/mol. The first-order valence-electron chi connectivity index (χ1n) is 7.25. The van der Waals surface area contributed by atoms with Crippen molar-refractivity contribution in [3.63, 3.8) is 0 Å². The average Bonchev–Trinajstić information content (AvgIpc) is 3.35. The quantitative estimate of drug-likeness (QED) is 0.817. The van der Waals surface area contributed by atoms with Crippen molar-refractivity contribution >= 4 is 6.03 Å². The molecule has 1 fully saturated rings. The number of ether oxygens (including phenoxy) is 1. The fraction of sp³-hybridized carbons (Fsp3) is 0.500. The van der Waals surface area contributed by atoms with Crippen LogP contribution in [0, 0.1) is 17.2 Å². The molecule has 1 atom stereocenters. The van der Waals surface area contributed by atoms with Crippen LogP contribution in [0.2, 0.25) is 0 Å². The van der Waals surface area contributed by atoms with Gasteiger partial charge in [-0.05, 0) is 49.9 Å². The first-order valence-corrected chi connectivity index (χ1v) is 7.25. The van der Waals surface area contributed by atoms with E-state index in [-0.39, 0.29) is 6.03 Å². The topological polar surface area (TPSA) is 65.4 Å². The summed E-state index contributed by atoms with van der Waals surface area (Å²) in [5.41, 5.74) is 0.603. The van der Waals surface area contributed by atoms with Crippen molar-refractivity contribution in [1.82, 2.24) is 10.2 Å². The summed E-state index contributed by atoms with van der Waals surface area (Å²) in [5.74, 6) is 1.36. The largest absolute Gasteiger partial charge is 0.492 e. The maximum absolute atomic E-state index is 11.9. The maximum Gasteiger partial charge on any atom is 0.317 e. The van der Waals surface area contributed by atoms with Crippen molar-refractivity contribution in [2.75, 3.05) is 20.2 Å². The van der Waals surface area contributed by atoms with Crippen LogP contribution in [-0.4, -0.2) is 37.2 Å². The van der Waals surface area contributed by atoms with E-state index < -0.39 is 0 Å². The smallest absolute Gasteiger partial charge is 0.317 e. The number of benzene rings is 1. The van der Waals surface area contributed by atoms with Crippen LogP contribution in [0.5, 0.6) is 5.75 Å².